The maximum absolute atomic E-state index is 12.9. The lowest BCUT2D eigenvalue weighted by Crippen LogP contribution is -2.19. The van der Waals surface area contributed by atoms with E-state index in [-0.39, 0.29) is 5.56 Å². The largest absolute Gasteiger partial charge is 0.296 e. The van der Waals surface area contributed by atoms with E-state index in [0.29, 0.717) is 16.5 Å². The minimum Gasteiger partial charge on any atom is -0.296 e. The van der Waals surface area contributed by atoms with Crippen LogP contribution >= 0.6 is 22.9 Å². The number of thiazole rings is 1. The molecule has 2 aromatic carbocycles. The van der Waals surface area contributed by atoms with E-state index >= 15 is 0 Å². The van der Waals surface area contributed by atoms with E-state index in [2.05, 4.69) is 4.98 Å². The van der Waals surface area contributed by atoms with E-state index in [0.717, 1.165) is 39.1 Å². The Balaban J connectivity index is 1.79. The number of rotatable bonds is 2. The molecule has 4 nitrogen and oxygen atoms in total. The molecule has 0 saturated heterocycles. The van der Waals surface area contributed by atoms with Crippen LogP contribution in [0.3, 0.4) is 0 Å². The van der Waals surface area contributed by atoms with Gasteiger partial charge >= 0.3 is 0 Å². The Hall–Kier alpha value is -2.24. The van der Waals surface area contributed by atoms with Crippen molar-refractivity contribution < 1.29 is 0 Å². The van der Waals surface area contributed by atoms with Crippen LogP contribution in [0.4, 0.5) is 0 Å². The van der Waals surface area contributed by atoms with Gasteiger partial charge in [0, 0.05) is 16.6 Å². The lowest BCUT2D eigenvalue weighted by atomic mass is 10.2. The quantitative estimate of drug-likeness (QED) is 0.526. The third kappa shape index (κ3) is 2.16. The highest BCUT2D eigenvalue weighted by atomic mass is 35.5. The summed E-state index contributed by atoms with van der Waals surface area (Å²) in [6, 6.07) is 11.7. The van der Waals surface area contributed by atoms with E-state index in [1.54, 1.807) is 10.9 Å². The summed E-state index contributed by atoms with van der Waals surface area (Å²) in [6.07, 6.45) is 3.79. The summed E-state index contributed by atoms with van der Waals surface area (Å²) < 4.78 is 2.67. The topological polar surface area (TPSA) is 47.8 Å². The predicted octanol–water partition coefficient (Wildman–Crippen LogP) is 4.66. The van der Waals surface area contributed by atoms with Crippen molar-refractivity contribution in [2.45, 2.75) is 18.9 Å². The van der Waals surface area contributed by atoms with Crippen molar-refractivity contribution in [1.82, 2.24) is 14.5 Å². The summed E-state index contributed by atoms with van der Waals surface area (Å²) in [7, 11) is 0. The first-order chi connectivity index (χ1) is 11.7. The number of fused-ring (bicyclic) bond motifs is 3. The van der Waals surface area contributed by atoms with E-state index in [9.17, 15) is 4.79 Å². The molecule has 1 aliphatic rings. The summed E-state index contributed by atoms with van der Waals surface area (Å²) >= 11 is 7.49. The molecule has 0 amide bonds. The van der Waals surface area contributed by atoms with Crippen LogP contribution in [0.25, 0.3) is 31.7 Å². The fraction of sp³-hybridized carbons (Fsp3) is 0.167. The molecule has 0 spiro atoms. The molecule has 1 aliphatic carbocycles. The molecule has 2 heterocycles. The molecule has 0 atom stereocenters. The molecule has 5 rings (SSSR count). The van der Waals surface area contributed by atoms with Crippen LogP contribution in [0.5, 0.6) is 0 Å². The maximum Gasteiger partial charge on any atom is 0.262 e. The highest BCUT2D eigenvalue weighted by molar-refractivity contribution is 7.22. The first-order valence-electron chi connectivity index (χ1n) is 7.77. The average molecular weight is 354 g/mol. The molecule has 6 heteroatoms. The number of halogens is 1. The van der Waals surface area contributed by atoms with E-state index < -0.39 is 0 Å². The second-order valence-corrected chi connectivity index (χ2v) is 7.46. The zero-order valence-electron chi connectivity index (χ0n) is 12.6. The third-order valence-electron chi connectivity index (χ3n) is 4.34. The molecule has 4 aromatic rings. The van der Waals surface area contributed by atoms with Gasteiger partial charge in [-0.1, -0.05) is 23.7 Å². The molecule has 118 valence electrons. The Morgan fingerprint density at radius 2 is 1.83 bits per heavy atom. The number of benzene rings is 2. The van der Waals surface area contributed by atoms with Crippen LogP contribution in [-0.4, -0.2) is 14.5 Å². The second-order valence-electron chi connectivity index (χ2n) is 6.02. The zero-order valence-corrected chi connectivity index (χ0v) is 14.1. The second kappa shape index (κ2) is 5.13. The molecule has 0 bridgehead atoms. The summed E-state index contributed by atoms with van der Waals surface area (Å²) in [5, 5.41) is 2.26. The van der Waals surface area contributed by atoms with Gasteiger partial charge in [0.1, 0.15) is 5.01 Å². The highest BCUT2D eigenvalue weighted by Crippen LogP contribution is 2.36. The van der Waals surface area contributed by atoms with Crippen molar-refractivity contribution in [3.05, 3.63) is 58.1 Å². The van der Waals surface area contributed by atoms with Crippen LogP contribution < -0.4 is 5.56 Å². The van der Waals surface area contributed by atoms with E-state index in [1.807, 2.05) is 36.4 Å². The normalized spacial score (nSPS) is 14.5. The predicted molar refractivity (Wildman–Crippen MR) is 97.9 cm³/mol. The van der Waals surface area contributed by atoms with Crippen molar-refractivity contribution in [1.29, 1.82) is 0 Å². The Kier molecular flexibility index (Phi) is 3.02. The van der Waals surface area contributed by atoms with Gasteiger partial charge in [-0.15, -0.1) is 11.3 Å². The fourth-order valence-corrected chi connectivity index (χ4v) is 4.16. The van der Waals surface area contributed by atoms with Gasteiger partial charge in [-0.2, -0.15) is 0 Å². The van der Waals surface area contributed by atoms with Crippen molar-refractivity contribution in [2.24, 2.45) is 0 Å². The van der Waals surface area contributed by atoms with Crippen molar-refractivity contribution in [3.8, 4) is 10.6 Å². The third-order valence-corrected chi connectivity index (χ3v) is 5.73. The van der Waals surface area contributed by atoms with Gasteiger partial charge in [0.2, 0.25) is 0 Å². The molecule has 0 radical (unpaired) electrons. The zero-order chi connectivity index (χ0) is 16.3. The van der Waals surface area contributed by atoms with Gasteiger partial charge in [-0.3, -0.25) is 9.36 Å². The first-order valence-corrected chi connectivity index (χ1v) is 8.96. The Morgan fingerprint density at radius 1 is 1.08 bits per heavy atom. The van der Waals surface area contributed by atoms with Gasteiger partial charge < -0.3 is 0 Å². The fourth-order valence-electron chi connectivity index (χ4n) is 2.93. The van der Waals surface area contributed by atoms with Gasteiger partial charge in [0.05, 0.1) is 27.4 Å². The average Bonchev–Trinajstić information content (AvgIpc) is 3.33. The van der Waals surface area contributed by atoms with Gasteiger partial charge in [-0.05, 0) is 37.1 Å². The van der Waals surface area contributed by atoms with Crippen LogP contribution in [0.2, 0.25) is 5.02 Å². The standard InChI is InChI=1S/C18H12ClN3OS/c19-11-3-1-10(2-4-11)17-21-14-8-7-13-15(16(14)24-17)18(23)22(9-20-13)12-5-6-12/h1-4,7-9,12H,5-6H2. The summed E-state index contributed by atoms with van der Waals surface area (Å²) in [5.74, 6) is 0. The van der Waals surface area contributed by atoms with Crippen molar-refractivity contribution in [3.63, 3.8) is 0 Å². The van der Waals surface area contributed by atoms with Crippen LogP contribution in [0.1, 0.15) is 18.9 Å². The number of hydrogen-bond acceptors (Lipinski definition) is 4. The maximum atomic E-state index is 12.9. The van der Waals surface area contributed by atoms with Crippen LogP contribution in [-0.2, 0) is 0 Å². The highest BCUT2D eigenvalue weighted by Gasteiger charge is 2.26. The molecule has 1 saturated carbocycles. The lowest BCUT2D eigenvalue weighted by molar-refractivity contribution is 0.699. The number of nitrogens with zero attached hydrogens (tertiary/aromatic N) is 3. The molecule has 2 aromatic heterocycles. The van der Waals surface area contributed by atoms with Crippen LogP contribution in [0.15, 0.2) is 47.5 Å². The SMILES string of the molecule is O=c1c2c(ccc3nc(-c4ccc(Cl)cc4)sc32)ncn1C1CC1. The summed E-state index contributed by atoms with van der Waals surface area (Å²) in [6.45, 7) is 0. The van der Waals surface area contributed by atoms with E-state index in [4.69, 9.17) is 16.6 Å². The molecule has 0 aliphatic heterocycles. The monoisotopic (exact) mass is 353 g/mol. The summed E-state index contributed by atoms with van der Waals surface area (Å²) in [4.78, 5) is 22.1. The minimum absolute atomic E-state index is 0.0411. The number of hydrogen-bond donors (Lipinski definition) is 0. The summed E-state index contributed by atoms with van der Waals surface area (Å²) in [5.41, 5.74) is 2.61. The molecule has 0 unspecified atom stereocenters. The van der Waals surface area contributed by atoms with Crippen LogP contribution in [0, 0.1) is 0 Å². The van der Waals surface area contributed by atoms with Crippen molar-refractivity contribution >= 4 is 44.1 Å². The Morgan fingerprint density at radius 3 is 2.58 bits per heavy atom. The van der Waals surface area contributed by atoms with E-state index in [1.165, 1.54) is 11.3 Å². The molecule has 0 N–H and O–H groups in total. The number of aromatic nitrogens is 3. The lowest BCUT2D eigenvalue weighted by Gasteiger charge is -2.04. The molecule has 1 fully saturated rings. The first kappa shape index (κ1) is 14.1. The smallest absolute Gasteiger partial charge is 0.262 e. The molecular weight excluding hydrogens is 342 g/mol. The van der Waals surface area contributed by atoms with Gasteiger partial charge in [-0.25, -0.2) is 9.97 Å². The molecular formula is C18H12ClN3OS. The van der Waals surface area contributed by atoms with Gasteiger partial charge in [0.25, 0.3) is 5.56 Å². The molecule has 24 heavy (non-hydrogen) atoms. The van der Waals surface area contributed by atoms with Crippen molar-refractivity contribution in [2.75, 3.05) is 0 Å². The van der Waals surface area contributed by atoms with Gasteiger partial charge in [0.15, 0.2) is 0 Å². The Bertz CT molecular complexity index is 1140. The minimum atomic E-state index is 0.0411. The Labute approximate surface area is 146 Å².